The van der Waals surface area contributed by atoms with Gasteiger partial charge in [-0.25, -0.2) is 0 Å². The van der Waals surface area contributed by atoms with Crippen LogP contribution < -0.4 is 11.1 Å². The van der Waals surface area contributed by atoms with Gasteiger partial charge in [0.25, 0.3) is 0 Å². The first-order valence-electron chi connectivity index (χ1n) is 5.95. The number of para-hydroxylation sites is 1. The van der Waals surface area contributed by atoms with Gasteiger partial charge in [-0.05, 0) is 29.8 Å². The maximum Gasteiger partial charge on any atom is 0.193 e. The fraction of sp³-hybridized carbons (Fsp3) is 0.143. The van der Waals surface area contributed by atoms with Gasteiger partial charge in [-0.15, -0.1) is 0 Å². The molecule has 1 aromatic carbocycles. The molecular formula is C14H16N4O. The zero-order valence-corrected chi connectivity index (χ0v) is 10.4. The Bertz CT molecular complexity index is 528. The molecule has 5 heteroatoms. The largest absolute Gasteiger partial charge is 0.386 e. The van der Waals surface area contributed by atoms with E-state index in [0.29, 0.717) is 0 Å². The molecule has 0 aliphatic carbocycles. The number of nitrogens with one attached hydrogen (secondary N) is 1. The topological polar surface area (TPSA) is 83.5 Å². The molecule has 2 rings (SSSR count). The molecule has 0 bridgehead atoms. The molecule has 1 unspecified atom stereocenters. The van der Waals surface area contributed by atoms with Crippen molar-refractivity contribution in [1.82, 2.24) is 4.98 Å². The van der Waals surface area contributed by atoms with E-state index >= 15 is 0 Å². The molecule has 0 spiro atoms. The van der Waals surface area contributed by atoms with Gasteiger partial charge in [0.2, 0.25) is 0 Å². The van der Waals surface area contributed by atoms with Crippen molar-refractivity contribution in [2.45, 2.75) is 6.10 Å². The Morgan fingerprint density at radius 2 is 1.89 bits per heavy atom. The maximum absolute atomic E-state index is 9.92. The van der Waals surface area contributed by atoms with Crippen molar-refractivity contribution in [3.63, 3.8) is 0 Å². The summed E-state index contributed by atoms with van der Waals surface area (Å²) < 4.78 is 0. The molecule has 4 N–H and O–H groups in total. The van der Waals surface area contributed by atoms with Crippen LogP contribution in [0.15, 0.2) is 59.9 Å². The van der Waals surface area contributed by atoms with E-state index in [0.717, 1.165) is 11.3 Å². The van der Waals surface area contributed by atoms with Gasteiger partial charge in [0, 0.05) is 18.1 Å². The van der Waals surface area contributed by atoms with Gasteiger partial charge in [-0.1, -0.05) is 18.2 Å². The van der Waals surface area contributed by atoms with Crippen LogP contribution in [0, 0.1) is 0 Å². The molecule has 1 heterocycles. The Hall–Kier alpha value is -2.40. The van der Waals surface area contributed by atoms with Gasteiger partial charge >= 0.3 is 0 Å². The first-order chi connectivity index (χ1) is 9.25. The molecule has 1 atom stereocenters. The number of pyridine rings is 1. The van der Waals surface area contributed by atoms with Crippen molar-refractivity contribution in [2.75, 3.05) is 11.9 Å². The fourth-order valence-corrected chi connectivity index (χ4v) is 1.58. The fourth-order valence-electron chi connectivity index (χ4n) is 1.58. The highest BCUT2D eigenvalue weighted by Crippen LogP contribution is 2.11. The maximum atomic E-state index is 9.92. The average Bonchev–Trinajstić information content (AvgIpc) is 2.47. The number of hydrogen-bond acceptors (Lipinski definition) is 3. The lowest BCUT2D eigenvalue weighted by Crippen LogP contribution is -2.23. The van der Waals surface area contributed by atoms with Gasteiger partial charge in [0.05, 0.1) is 12.6 Å². The standard InChI is InChI=1S/C14H16N4O/c15-14(18-12-4-2-1-3-5-12)17-10-13(19)11-6-8-16-9-7-11/h1-9,13,19H,10H2,(H3,15,17,18). The summed E-state index contributed by atoms with van der Waals surface area (Å²) in [5.41, 5.74) is 7.38. The lowest BCUT2D eigenvalue weighted by Gasteiger charge is -2.09. The summed E-state index contributed by atoms with van der Waals surface area (Å²) in [6, 6.07) is 13.0. The Kier molecular flexibility index (Phi) is 4.47. The van der Waals surface area contributed by atoms with Crippen molar-refractivity contribution in [3.8, 4) is 0 Å². The SMILES string of the molecule is NC(=NCC(O)c1ccncc1)Nc1ccccc1. The number of nitrogens with two attached hydrogens (primary N) is 1. The summed E-state index contributed by atoms with van der Waals surface area (Å²) in [7, 11) is 0. The molecule has 0 radical (unpaired) electrons. The van der Waals surface area contributed by atoms with Crippen LogP contribution >= 0.6 is 0 Å². The molecule has 1 aromatic heterocycles. The van der Waals surface area contributed by atoms with E-state index in [4.69, 9.17) is 5.73 Å². The van der Waals surface area contributed by atoms with Crippen molar-refractivity contribution >= 4 is 11.6 Å². The normalized spacial score (nSPS) is 13.0. The molecule has 19 heavy (non-hydrogen) atoms. The van der Waals surface area contributed by atoms with Gasteiger partial charge in [-0.3, -0.25) is 9.98 Å². The highest BCUT2D eigenvalue weighted by Gasteiger charge is 2.05. The number of aliphatic hydroxyl groups excluding tert-OH is 1. The summed E-state index contributed by atoms with van der Waals surface area (Å²) >= 11 is 0. The van der Waals surface area contributed by atoms with E-state index in [1.54, 1.807) is 24.5 Å². The molecule has 0 saturated carbocycles. The lowest BCUT2D eigenvalue weighted by atomic mass is 10.1. The van der Waals surface area contributed by atoms with Crippen LogP contribution in [0.5, 0.6) is 0 Å². The second-order valence-corrected chi connectivity index (χ2v) is 4.01. The average molecular weight is 256 g/mol. The Morgan fingerprint density at radius 1 is 1.21 bits per heavy atom. The number of aromatic nitrogens is 1. The van der Waals surface area contributed by atoms with Crippen LogP contribution in [0.3, 0.4) is 0 Å². The number of rotatable bonds is 4. The molecule has 98 valence electrons. The van der Waals surface area contributed by atoms with Gasteiger partial charge in [0.1, 0.15) is 0 Å². The van der Waals surface area contributed by atoms with Gasteiger partial charge in [-0.2, -0.15) is 0 Å². The van der Waals surface area contributed by atoms with E-state index < -0.39 is 6.10 Å². The monoisotopic (exact) mass is 256 g/mol. The quantitative estimate of drug-likeness (QED) is 0.572. The summed E-state index contributed by atoms with van der Waals surface area (Å²) in [6.07, 6.45) is 2.58. The zero-order valence-electron chi connectivity index (χ0n) is 10.4. The van der Waals surface area contributed by atoms with Crippen LogP contribution in [-0.2, 0) is 0 Å². The minimum absolute atomic E-state index is 0.204. The molecule has 0 saturated heterocycles. The number of nitrogens with zero attached hydrogens (tertiary/aromatic N) is 2. The van der Waals surface area contributed by atoms with Gasteiger partial charge in [0.15, 0.2) is 5.96 Å². The minimum Gasteiger partial charge on any atom is -0.386 e. The second kappa shape index (κ2) is 6.51. The predicted octanol–water partition coefficient (Wildman–Crippen LogP) is 1.54. The van der Waals surface area contributed by atoms with Crippen molar-refractivity contribution in [2.24, 2.45) is 10.7 Å². The Labute approximate surface area is 111 Å². The molecule has 2 aromatic rings. The van der Waals surface area contributed by atoms with E-state index in [2.05, 4.69) is 15.3 Å². The van der Waals surface area contributed by atoms with Crippen LogP contribution in [0.2, 0.25) is 0 Å². The third kappa shape index (κ3) is 4.08. The molecule has 0 aliphatic rings. The van der Waals surface area contributed by atoms with E-state index in [1.807, 2.05) is 30.3 Å². The molecule has 0 fully saturated rings. The molecular weight excluding hydrogens is 240 g/mol. The smallest absolute Gasteiger partial charge is 0.193 e. The number of hydrogen-bond donors (Lipinski definition) is 3. The first kappa shape index (κ1) is 13.0. The third-order valence-electron chi connectivity index (χ3n) is 2.57. The highest BCUT2D eigenvalue weighted by atomic mass is 16.3. The van der Waals surface area contributed by atoms with Crippen LogP contribution in [0.25, 0.3) is 0 Å². The Morgan fingerprint density at radius 3 is 2.58 bits per heavy atom. The van der Waals surface area contributed by atoms with Crippen LogP contribution in [-0.4, -0.2) is 22.6 Å². The van der Waals surface area contributed by atoms with Crippen molar-refractivity contribution in [1.29, 1.82) is 0 Å². The summed E-state index contributed by atoms with van der Waals surface area (Å²) in [5.74, 6) is 0.277. The summed E-state index contributed by atoms with van der Waals surface area (Å²) in [4.78, 5) is 8.00. The third-order valence-corrected chi connectivity index (χ3v) is 2.57. The van der Waals surface area contributed by atoms with Gasteiger partial charge < -0.3 is 16.2 Å². The highest BCUT2D eigenvalue weighted by molar-refractivity contribution is 5.92. The second-order valence-electron chi connectivity index (χ2n) is 4.01. The van der Waals surface area contributed by atoms with Crippen LogP contribution in [0.1, 0.15) is 11.7 Å². The zero-order chi connectivity index (χ0) is 13.5. The summed E-state index contributed by atoms with van der Waals surface area (Å²) in [5, 5.41) is 12.9. The van der Waals surface area contributed by atoms with Crippen LogP contribution in [0.4, 0.5) is 5.69 Å². The minimum atomic E-state index is -0.681. The van der Waals surface area contributed by atoms with E-state index in [-0.39, 0.29) is 12.5 Å². The van der Waals surface area contributed by atoms with Crippen molar-refractivity contribution in [3.05, 3.63) is 60.4 Å². The molecule has 5 nitrogen and oxygen atoms in total. The number of benzene rings is 1. The number of aliphatic imine (C=N–C) groups is 1. The predicted molar refractivity (Wildman–Crippen MR) is 75.8 cm³/mol. The Balaban J connectivity index is 1.91. The number of anilines is 1. The van der Waals surface area contributed by atoms with E-state index in [1.165, 1.54) is 0 Å². The van der Waals surface area contributed by atoms with E-state index in [9.17, 15) is 5.11 Å². The first-order valence-corrected chi connectivity index (χ1v) is 5.95. The molecule has 0 amide bonds. The molecule has 0 aliphatic heterocycles. The number of guanidine groups is 1. The van der Waals surface area contributed by atoms with Crippen molar-refractivity contribution < 1.29 is 5.11 Å². The lowest BCUT2D eigenvalue weighted by molar-refractivity contribution is 0.187. The number of aliphatic hydroxyl groups is 1. The summed E-state index contributed by atoms with van der Waals surface area (Å²) in [6.45, 7) is 0.204.